The number of hydrogen-bond acceptors (Lipinski definition) is 3. The number of carbonyl (C=O) groups is 1. The van der Waals surface area contributed by atoms with Crippen molar-refractivity contribution in [3.63, 3.8) is 0 Å². The van der Waals surface area contributed by atoms with Crippen LogP contribution in [0.4, 0.5) is 0 Å². The van der Waals surface area contributed by atoms with Crippen molar-refractivity contribution in [1.29, 1.82) is 0 Å². The van der Waals surface area contributed by atoms with Crippen molar-refractivity contribution in [2.75, 3.05) is 6.54 Å². The first-order valence-electron chi connectivity index (χ1n) is 5.20. The number of carbonyl (C=O) groups excluding carboxylic acids is 1. The highest BCUT2D eigenvalue weighted by Gasteiger charge is 2.38. The van der Waals surface area contributed by atoms with E-state index in [-0.39, 0.29) is 12.1 Å². The lowest BCUT2D eigenvalue weighted by atomic mass is 10.00. The monoisotopic (exact) mass is 182 g/mol. The van der Waals surface area contributed by atoms with Gasteiger partial charge in [-0.25, -0.2) is 0 Å². The zero-order chi connectivity index (χ0) is 9.42. The first-order chi connectivity index (χ1) is 6.18. The smallest absolute Gasteiger partial charge is 0.146 e. The molecule has 3 unspecified atom stereocenters. The highest BCUT2D eigenvalue weighted by molar-refractivity contribution is 5.81. The maximum Gasteiger partial charge on any atom is 0.146 e. The van der Waals surface area contributed by atoms with Crippen LogP contribution in [0.2, 0.25) is 0 Å². The minimum Gasteiger partial charge on any atom is -0.327 e. The lowest BCUT2D eigenvalue weighted by Gasteiger charge is -2.36. The second-order valence-electron chi connectivity index (χ2n) is 4.39. The standard InChI is InChI=1S/C10H18N2O/c1-7(13)10-5-4-9-3-2-8(11)6-12(9)10/h8-10H,2-6,11H2,1H3. The summed E-state index contributed by atoms with van der Waals surface area (Å²) in [5, 5.41) is 0. The van der Waals surface area contributed by atoms with E-state index >= 15 is 0 Å². The molecule has 2 saturated heterocycles. The Balaban J connectivity index is 2.06. The van der Waals surface area contributed by atoms with Crippen LogP contribution >= 0.6 is 0 Å². The molecule has 2 aliphatic heterocycles. The maximum atomic E-state index is 11.3. The fourth-order valence-corrected chi connectivity index (χ4v) is 2.73. The second kappa shape index (κ2) is 3.39. The summed E-state index contributed by atoms with van der Waals surface area (Å²) in [6.45, 7) is 2.63. The van der Waals surface area contributed by atoms with Gasteiger partial charge in [-0.1, -0.05) is 0 Å². The molecule has 2 fully saturated rings. The van der Waals surface area contributed by atoms with Gasteiger partial charge in [0.25, 0.3) is 0 Å². The summed E-state index contributed by atoms with van der Waals surface area (Å²) >= 11 is 0. The predicted molar refractivity (Wildman–Crippen MR) is 51.4 cm³/mol. The van der Waals surface area contributed by atoms with Crippen molar-refractivity contribution in [3.8, 4) is 0 Å². The Kier molecular flexibility index (Phi) is 2.39. The Labute approximate surface area is 79.3 Å². The van der Waals surface area contributed by atoms with Gasteiger partial charge in [-0.15, -0.1) is 0 Å². The first-order valence-corrected chi connectivity index (χ1v) is 5.20. The van der Waals surface area contributed by atoms with Crippen LogP contribution in [0.15, 0.2) is 0 Å². The summed E-state index contributed by atoms with van der Waals surface area (Å²) in [5.41, 5.74) is 5.90. The van der Waals surface area contributed by atoms with Crippen molar-refractivity contribution in [1.82, 2.24) is 4.90 Å². The Morgan fingerprint density at radius 3 is 2.69 bits per heavy atom. The van der Waals surface area contributed by atoms with Gasteiger partial charge < -0.3 is 5.73 Å². The number of Topliss-reactive ketones (excluding diaryl/α,β-unsaturated/α-hetero) is 1. The molecule has 2 aliphatic rings. The lowest BCUT2D eigenvalue weighted by Crippen LogP contribution is -2.50. The summed E-state index contributed by atoms with van der Waals surface area (Å²) in [4.78, 5) is 13.7. The maximum absolute atomic E-state index is 11.3. The predicted octanol–water partition coefficient (Wildman–Crippen LogP) is 0.529. The van der Waals surface area contributed by atoms with Gasteiger partial charge in [0, 0.05) is 18.6 Å². The Bertz CT molecular complexity index is 217. The molecule has 74 valence electrons. The molecular weight excluding hydrogens is 164 g/mol. The van der Waals surface area contributed by atoms with Gasteiger partial charge in [0.2, 0.25) is 0 Å². The highest BCUT2D eigenvalue weighted by Crippen LogP contribution is 2.31. The van der Waals surface area contributed by atoms with E-state index < -0.39 is 0 Å². The van der Waals surface area contributed by atoms with E-state index in [0.29, 0.717) is 11.8 Å². The van der Waals surface area contributed by atoms with Crippen LogP contribution in [0, 0.1) is 0 Å². The zero-order valence-electron chi connectivity index (χ0n) is 8.20. The van der Waals surface area contributed by atoms with Gasteiger partial charge >= 0.3 is 0 Å². The van der Waals surface area contributed by atoms with Crippen molar-refractivity contribution in [3.05, 3.63) is 0 Å². The topological polar surface area (TPSA) is 46.3 Å². The molecular formula is C10H18N2O. The number of nitrogens with two attached hydrogens (primary N) is 1. The van der Waals surface area contributed by atoms with Crippen LogP contribution in [0.1, 0.15) is 32.6 Å². The van der Waals surface area contributed by atoms with Gasteiger partial charge in [-0.3, -0.25) is 9.69 Å². The Hall–Kier alpha value is -0.410. The van der Waals surface area contributed by atoms with Crippen LogP contribution in [-0.2, 0) is 4.79 Å². The number of rotatable bonds is 1. The third kappa shape index (κ3) is 1.63. The quantitative estimate of drug-likeness (QED) is 0.643. The molecule has 2 N–H and O–H groups in total. The van der Waals surface area contributed by atoms with Crippen molar-refractivity contribution >= 4 is 5.78 Å². The van der Waals surface area contributed by atoms with Crippen LogP contribution in [-0.4, -0.2) is 35.4 Å². The molecule has 0 radical (unpaired) electrons. The lowest BCUT2D eigenvalue weighted by molar-refractivity contribution is -0.122. The van der Waals surface area contributed by atoms with E-state index in [1.807, 2.05) is 0 Å². The normalized spacial score (nSPS) is 40.3. The first kappa shape index (κ1) is 9.16. The van der Waals surface area contributed by atoms with Gasteiger partial charge in [-0.2, -0.15) is 0 Å². The fraction of sp³-hybridized carbons (Fsp3) is 0.900. The summed E-state index contributed by atoms with van der Waals surface area (Å²) in [5.74, 6) is 0.316. The SMILES string of the molecule is CC(=O)C1CCC2CCC(N)CN21. The van der Waals surface area contributed by atoms with E-state index in [1.165, 1.54) is 12.8 Å². The van der Waals surface area contributed by atoms with Gasteiger partial charge in [0.05, 0.1) is 6.04 Å². The Morgan fingerprint density at radius 2 is 2.00 bits per heavy atom. The molecule has 0 spiro atoms. The highest BCUT2D eigenvalue weighted by atomic mass is 16.1. The molecule has 13 heavy (non-hydrogen) atoms. The molecule has 0 bridgehead atoms. The van der Waals surface area contributed by atoms with Crippen molar-refractivity contribution in [2.24, 2.45) is 5.73 Å². The molecule has 0 aromatic carbocycles. The number of hydrogen-bond donors (Lipinski definition) is 1. The minimum atomic E-state index is 0.177. The van der Waals surface area contributed by atoms with E-state index in [4.69, 9.17) is 5.73 Å². The fourth-order valence-electron chi connectivity index (χ4n) is 2.73. The summed E-state index contributed by atoms with van der Waals surface area (Å²) in [6.07, 6.45) is 4.56. The largest absolute Gasteiger partial charge is 0.327 e. The summed E-state index contributed by atoms with van der Waals surface area (Å²) < 4.78 is 0. The van der Waals surface area contributed by atoms with E-state index in [2.05, 4.69) is 4.90 Å². The van der Waals surface area contributed by atoms with Gasteiger partial charge in [-0.05, 0) is 32.6 Å². The third-order valence-corrected chi connectivity index (χ3v) is 3.43. The van der Waals surface area contributed by atoms with Gasteiger partial charge in [0.1, 0.15) is 5.78 Å². The van der Waals surface area contributed by atoms with Gasteiger partial charge in [0.15, 0.2) is 0 Å². The summed E-state index contributed by atoms with van der Waals surface area (Å²) in [6, 6.07) is 1.11. The van der Waals surface area contributed by atoms with Crippen molar-refractivity contribution in [2.45, 2.75) is 50.7 Å². The number of ketones is 1. The molecule has 0 amide bonds. The number of fused-ring (bicyclic) bond motifs is 1. The van der Waals surface area contributed by atoms with Crippen LogP contribution < -0.4 is 5.73 Å². The van der Waals surface area contributed by atoms with E-state index in [9.17, 15) is 4.79 Å². The molecule has 0 aromatic heterocycles. The van der Waals surface area contributed by atoms with Crippen LogP contribution in [0.5, 0.6) is 0 Å². The molecule has 3 heteroatoms. The van der Waals surface area contributed by atoms with E-state index in [1.54, 1.807) is 6.92 Å². The van der Waals surface area contributed by atoms with Crippen molar-refractivity contribution < 1.29 is 4.79 Å². The average molecular weight is 182 g/mol. The molecule has 0 aromatic rings. The minimum absolute atomic E-state index is 0.177. The Morgan fingerprint density at radius 1 is 1.31 bits per heavy atom. The molecule has 2 rings (SSSR count). The molecule has 3 atom stereocenters. The molecule has 0 saturated carbocycles. The zero-order valence-corrected chi connectivity index (χ0v) is 8.20. The summed E-state index contributed by atoms with van der Waals surface area (Å²) in [7, 11) is 0. The average Bonchev–Trinajstić information content (AvgIpc) is 2.46. The van der Waals surface area contributed by atoms with Crippen LogP contribution in [0.25, 0.3) is 0 Å². The number of nitrogens with zero attached hydrogens (tertiary/aromatic N) is 1. The molecule has 3 nitrogen and oxygen atoms in total. The molecule has 0 aliphatic carbocycles. The second-order valence-corrected chi connectivity index (χ2v) is 4.39. The third-order valence-electron chi connectivity index (χ3n) is 3.43. The van der Waals surface area contributed by atoms with E-state index in [0.717, 1.165) is 19.4 Å². The molecule has 2 heterocycles. The number of piperidine rings is 1. The van der Waals surface area contributed by atoms with Crippen LogP contribution in [0.3, 0.4) is 0 Å².